The van der Waals surface area contributed by atoms with Crippen LogP contribution in [-0.2, 0) is 14.2 Å². The van der Waals surface area contributed by atoms with Gasteiger partial charge in [0.1, 0.15) is 0 Å². The number of ether oxygens (including phenoxy) is 3. The van der Waals surface area contributed by atoms with Gasteiger partial charge in [-0.05, 0) is 129 Å². The predicted molar refractivity (Wildman–Crippen MR) is 146 cm³/mol. The van der Waals surface area contributed by atoms with Crippen molar-refractivity contribution in [1.82, 2.24) is 0 Å². The van der Waals surface area contributed by atoms with Gasteiger partial charge in [-0.15, -0.1) is 0 Å². The van der Waals surface area contributed by atoms with Gasteiger partial charge in [-0.25, -0.2) is 0 Å². The normalized spacial score (nSPS) is 51.1. The summed E-state index contributed by atoms with van der Waals surface area (Å²) in [7, 11) is 2.03. The van der Waals surface area contributed by atoms with Crippen molar-refractivity contribution in [1.29, 1.82) is 0 Å². The molecule has 6 fully saturated rings. The van der Waals surface area contributed by atoms with Crippen molar-refractivity contribution in [3.63, 3.8) is 0 Å². The fraction of sp³-hybridized carbons (Fsp3) is 1.00. The number of hydrogen-bond donors (Lipinski definition) is 0. The fourth-order valence-corrected chi connectivity index (χ4v) is 11.7. The van der Waals surface area contributed by atoms with E-state index in [-0.39, 0.29) is 6.29 Å². The molecule has 3 nitrogen and oxygen atoms in total. The Balaban J connectivity index is 1.04. The van der Waals surface area contributed by atoms with E-state index in [0.29, 0.717) is 28.3 Å². The quantitative estimate of drug-likeness (QED) is 0.319. The van der Waals surface area contributed by atoms with E-state index in [4.69, 9.17) is 14.2 Å². The molecule has 0 aromatic heterocycles. The second kappa shape index (κ2) is 9.81. The molecule has 0 radical (unpaired) electrons. The van der Waals surface area contributed by atoms with Crippen molar-refractivity contribution in [2.75, 3.05) is 20.3 Å². The molecule has 6 rings (SSSR count). The molecular weight excluding hydrogens is 444 g/mol. The summed E-state index contributed by atoms with van der Waals surface area (Å²) in [5.74, 6) is 6.24. The van der Waals surface area contributed by atoms with E-state index in [0.717, 1.165) is 55.1 Å². The van der Waals surface area contributed by atoms with Gasteiger partial charge in [-0.3, -0.25) is 0 Å². The average molecular weight is 501 g/mol. The minimum absolute atomic E-state index is 0.0651. The first-order valence-corrected chi connectivity index (χ1v) is 16.1. The Bertz CT molecular complexity index is 777. The van der Waals surface area contributed by atoms with Crippen LogP contribution in [0.5, 0.6) is 0 Å². The molecule has 0 unspecified atom stereocenters. The second-order valence-corrected chi connectivity index (χ2v) is 15.1. The van der Waals surface area contributed by atoms with E-state index in [2.05, 4.69) is 27.7 Å². The Morgan fingerprint density at radius 2 is 1.81 bits per heavy atom. The van der Waals surface area contributed by atoms with Crippen LogP contribution < -0.4 is 0 Å². The molecule has 0 amide bonds. The SMILES string of the molecule is CO[C@@H]1C[C@@H]2[C@@H]3CC[C@H]([C@H](C)CCC[C@H](C)CO[C@@H]4CCCCO4)[C@@]3(C)CC[C@@H]2[C@@]2(C)CC[C@H]3C[C@]312. The highest BCUT2D eigenvalue weighted by Crippen LogP contribution is 2.82. The lowest BCUT2D eigenvalue weighted by Crippen LogP contribution is -2.57. The summed E-state index contributed by atoms with van der Waals surface area (Å²) < 4.78 is 18.2. The van der Waals surface area contributed by atoms with Gasteiger partial charge in [0.25, 0.3) is 0 Å². The zero-order chi connectivity index (χ0) is 25.1. The maximum absolute atomic E-state index is 6.34. The standard InChI is InChI=1S/C33H56O3/c1-22(21-36-30-11-6-7-18-35-30)9-8-10-23(2)26-12-13-27-25-19-29(34-5)33-20-24(33)14-17-32(33,4)28(25)15-16-31(26,27)3/h22-30H,6-21H2,1-5H3/t22-,23+,24-,25+,26+,27-,28-,29+,30+,31+,32+,33-/m0/s1. The summed E-state index contributed by atoms with van der Waals surface area (Å²) >= 11 is 0. The lowest BCUT2D eigenvalue weighted by atomic mass is 9.45. The van der Waals surface area contributed by atoms with Crippen molar-refractivity contribution >= 4 is 0 Å². The number of rotatable bonds is 9. The molecule has 6 aliphatic rings. The third kappa shape index (κ3) is 3.98. The Morgan fingerprint density at radius 3 is 2.56 bits per heavy atom. The zero-order valence-electron chi connectivity index (χ0n) is 24.2. The minimum atomic E-state index is 0.0651. The molecule has 0 N–H and O–H groups in total. The first kappa shape index (κ1) is 26.1. The Hall–Kier alpha value is -0.120. The first-order valence-electron chi connectivity index (χ1n) is 16.1. The molecule has 1 aliphatic heterocycles. The van der Waals surface area contributed by atoms with Gasteiger partial charge < -0.3 is 14.2 Å². The number of hydrogen-bond acceptors (Lipinski definition) is 3. The summed E-state index contributed by atoms with van der Waals surface area (Å²) in [5, 5.41) is 0. The molecule has 12 atom stereocenters. The number of methoxy groups -OCH3 is 1. The molecule has 206 valence electrons. The summed E-state index contributed by atoms with van der Waals surface area (Å²) in [6.07, 6.45) is 20.0. The van der Waals surface area contributed by atoms with Crippen molar-refractivity contribution < 1.29 is 14.2 Å². The fourth-order valence-electron chi connectivity index (χ4n) is 11.7. The summed E-state index contributed by atoms with van der Waals surface area (Å²) in [6, 6.07) is 0. The van der Waals surface area contributed by atoms with Gasteiger partial charge in [0.05, 0.1) is 12.7 Å². The van der Waals surface area contributed by atoms with Crippen LogP contribution in [0.3, 0.4) is 0 Å². The first-order chi connectivity index (χ1) is 17.3. The zero-order valence-corrected chi connectivity index (χ0v) is 24.2. The van der Waals surface area contributed by atoms with E-state index < -0.39 is 0 Å². The Labute approximate surface area is 222 Å². The molecule has 5 saturated carbocycles. The molecule has 5 aliphatic carbocycles. The van der Waals surface area contributed by atoms with E-state index in [9.17, 15) is 0 Å². The molecule has 1 spiro atoms. The maximum atomic E-state index is 6.34. The smallest absolute Gasteiger partial charge is 0.157 e. The van der Waals surface area contributed by atoms with E-state index in [1.807, 2.05) is 7.11 Å². The molecule has 0 bridgehead atoms. The third-order valence-electron chi connectivity index (χ3n) is 13.6. The monoisotopic (exact) mass is 500 g/mol. The summed E-state index contributed by atoms with van der Waals surface area (Å²) in [6.45, 7) is 12.2. The van der Waals surface area contributed by atoms with Gasteiger partial charge in [-0.2, -0.15) is 0 Å². The van der Waals surface area contributed by atoms with E-state index in [1.54, 1.807) is 0 Å². The van der Waals surface area contributed by atoms with Crippen LogP contribution in [0.2, 0.25) is 0 Å². The average Bonchev–Trinajstić information content (AvgIpc) is 3.39. The molecule has 0 aromatic carbocycles. The number of fused-ring (bicyclic) bond motifs is 4. The van der Waals surface area contributed by atoms with Crippen LogP contribution in [0.15, 0.2) is 0 Å². The molecule has 1 heterocycles. The van der Waals surface area contributed by atoms with Crippen LogP contribution in [0.1, 0.15) is 118 Å². The minimum Gasteiger partial charge on any atom is -0.381 e. The highest BCUT2D eigenvalue weighted by Gasteiger charge is 2.77. The predicted octanol–water partition coefficient (Wildman–Crippen LogP) is 8.26. The highest BCUT2D eigenvalue weighted by molar-refractivity contribution is 5.26. The van der Waals surface area contributed by atoms with Crippen LogP contribution in [0, 0.1) is 57.7 Å². The van der Waals surface area contributed by atoms with Gasteiger partial charge in [0, 0.05) is 19.1 Å². The van der Waals surface area contributed by atoms with Gasteiger partial charge in [0.15, 0.2) is 6.29 Å². The van der Waals surface area contributed by atoms with Crippen molar-refractivity contribution in [3.05, 3.63) is 0 Å². The Morgan fingerprint density at radius 1 is 0.944 bits per heavy atom. The van der Waals surface area contributed by atoms with Crippen LogP contribution in [0.4, 0.5) is 0 Å². The van der Waals surface area contributed by atoms with Crippen LogP contribution in [-0.4, -0.2) is 32.7 Å². The molecule has 0 aromatic rings. The van der Waals surface area contributed by atoms with Crippen LogP contribution in [0.25, 0.3) is 0 Å². The van der Waals surface area contributed by atoms with E-state index >= 15 is 0 Å². The molecular formula is C33H56O3. The van der Waals surface area contributed by atoms with Gasteiger partial charge in [-0.1, -0.05) is 40.5 Å². The molecule has 36 heavy (non-hydrogen) atoms. The highest BCUT2D eigenvalue weighted by atomic mass is 16.7. The van der Waals surface area contributed by atoms with Crippen molar-refractivity contribution in [2.45, 2.75) is 130 Å². The summed E-state index contributed by atoms with van der Waals surface area (Å²) in [4.78, 5) is 0. The second-order valence-electron chi connectivity index (χ2n) is 15.1. The topological polar surface area (TPSA) is 27.7 Å². The Kier molecular flexibility index (Phi) is 7.12. The molecule has 3 heteroatoms. The molecule has 1 saturated heterocycles. The van der Waals surface area contributed by atoms with E-state index in [1.165, 1.54) is 83.5 Å². The van der Waals surface area contributed by atoms with Crippen molar-refractivity contribution in [3.8, 4) is 0 Å². The van der Waals surface area contributed by atoms with Crippen LogP contribution >= 0.6 is 0 Å². The third-order valence-corrected chi connectivity index (χ3v) is 13.6. The lowest BCUT2D eigenvalue weighted by Gasteiger charge is -2.61. The largest absolute Gasteiger partial charge is 0.381 e. The lowest BCUT2D eigenvalue weighted by molar-refractivity contribution is -0.168. The van der Waals surface area contributed by atoms with Gasteiger partial charge >= 0.3 is 0 Å². The van der Waals surface area contributed by atoms with Gasteiger partial charge in [0.2, 0.25) is 0 Å². The van der Waals surface area contributed by atoms with Crippen molar-refractivity contribution in [2.24, 2.45) is 57.7 Å². The summed E-state index contributed by atoms with van der Waals surface area (Å²) in [5.41, 5.74) is 1.69. The maximum Gasteiger partial charge on any atom is 0.157 e.